The van der Waals surface area contributed by atoms with Crippen LogP contribution in [0.15, 0.2) is 72.8 Å². The second kappa shape index (κ2) is 6.90. The number of rotatable bonds is 2. The van der Waals surface area contributed by atoms with Crippen molar-refractivity contribution in [2.24, 2.45) is 0 Å². The summed E-state index contributed by atoms with van der Waals surface area (Å²) in [4.78, 5) is 23.2. The van der Waals surface area contributed by atoms with Gasteiger partial charge >= 0.3 is 11.9 Å². The van der Waals surface area contributed by atoms with Gasteiger partial charge in [0, 0.05) is 11.1 Å². The fourth-order valence-corrected chi connectivity index (χ4v) is 3.23. The van der Waals surface area contributed by atoms with Crippen LogP contribution in [-0.2, 0) is 0 Å². The van der Waals surface area contributed by atoms with E-state index in [1.54, 1.807) is 18.2 Å². The molecule has 0 aliphatic rings. The molecule has 2 N–H and O–H groups in total. The molecule has 0 saturated carbocycles. The molecule has 4 aromatic carbocycles. The Balaban J connectivity index is 1.87. The van der Waals surface area contributed by atoms with Gasteiger partial charge in [0.25, 0.3) is 0 Å². The normalized spacial score (nSPS) is 10.4. The first kappa shape index (κ1) is 17.3. The maximum absolute atomic E-state index is 11.7. The fourth-order valence-electron chi connectivity index (χ4n) is 3.23. The lowest BCUT2D eigenvalue weighted by Gasteiger charge is -2.07. The molecule has 0 fully saturated rings. The standard InChI is InChI=1S/C24H14O4/c25-23(26)20-7-3-6-19-21(20)13-16(14-22(19)24(27)28)9-8-15-10-11-17-4-1-2-5-18(17)12-15/h1-7,10-14H,(H,25,26)(H,27,28). The van der Waals surface area contributed by atoms with Gasteiger partial charge in [0.2, 0.25) is 0 Å². The van der Waals surface area contributed by atoms with Crippen LogP contribution in [0, 0.1) is 11.8 Å². The van der Waals surface area contributed by atoms with E-state index < -0.39 is 11.9 Å². The summed E-state index contributed by atoms with van der Waals surface area (Å²) in [5.41, 5.74) is 1.33. The number of carboxylic acid groups (broad SMARTS) is 2. The molecule has 4 nitrogen and oxygen atoms in total. The van der Waals surface area contributed by atoms with E-state index in [-0.39, 0.29) is 11.1 Å². The lowest BCUT2D eigenvalue weighted by atomic mass is 9.97. The van der Waals surface area contributed by atoms with Crippen LogP contribution in [0.4, 0.5) is 0 Å². The summed E-state index contributed by atoms with van der Waals surface area (Å²) in [6.07, 6.45) is 0. The van der Waals surface area contributed by atoms with Crippen LogP contribution in [0.5, 0.6) is 0 Å². The molecule has 134 valence electrons. The van der Waals surface area contributed by atoms with Gasteiger partial charge in [-0.05, 0) is 51.9 Å². The summed E-state index contributed by atoms with van der Waals surface area (Å²) in [5, 5.41) is 21.9. The molecule has 4 aromatic rings. The minimum absolute atomic E-state index is 0.0309. The van der Waals surface area contributed by atoms with Gasteiger partial charge in [-0.1, -0.05) is 54.3 Å². The first-order valence-corrected chi connectivity index (χ1v) is 8.57. The molecule has 0 aliphatic carbocycles. The molecule has 0 aliphatic heterocycles. The Morgan fingerprint density at radius 1 is 0.607 bits per heavy atom. The molecular formula is C24H14O4. The number of hydrogen-bond acceptors (Lipinski definition) is 2. The summed E-state index contributed by atoms with van der Waals surface area (Å²) >= 11 is 0. The van der Waals surface area contributed by atoms with Crippen molar-refractivity contribution in [3.05, 3.63) is 95.1 Å². The van der Waals surface area contributed by atoms with Crippen molar-refractivity contribution in [2.45, 2.75) is 0 Å². The Morgan fingerprint density at radius 2 is 1.32 bits per heavy atom. The zero-order valence-corrected chi connectivity index (χ0v) is 14.6. The smallest absolute Gasteiger partial charge is 0.336 e. The minimum Gasteiger partial charge on any atom is -0.478 e. The van der Waals surface area contributed by atoms with E-state index in [0.29, 0.717) is 16.3 Å². The zero-order chi connectivity index (χ0) is 19.7. The van der Waals surface area contributed by atoms with E-state index in [4.69, 9.17) is 0 Å². The Bertz CT molecular complexity index is 1320. The number of fused-ring (bicyclic) bond motifs is 2. The highest BCUT2D eigenvalue weighted by Gasteiger charge is 2.15. The van der Waals surface area contributed by atoms with E-state index in [1.807, 2.05) is 42.5 Å². The highest BCUT2D eigenvalue weighted by atomic mass is 16.4. The van der Waals surface area contributed by atoms with Crippen molar-refractivity contribution < 1.29 is 19.8 Å². The van der Waals surface area contributed by atoms with Crippen LogP contribution < -0.4 is 0 Å². The molecule has 0 amide bonds. The summed E-state index contributed by atoms with van der Waals surface area (Å²) < 4.78 is 0. The van der Waals surface area contributed by atoms with Crippen LogP contribution in [-0.4, -0.2) is 22.2 Å². The number of hydrogen-bond donors (Lipinski definition) is 2. The molecule has 0 aromatic heterocycles. The number of aromatic carboxylic acids is 2. The molecule has 0 heterocycles. The third kappa shape index (κ3) is 3.17. The van der Waals surface area contributed by atoms with Crippen molar-refractivity contribution in [2.75, 3.05) is 0 Å². The SMILES string of the molecule is O=C(O)c1cc(C#Cc2ccc3ccccc3c2)cc2c(C(=O)O)cccc12. The quantitative estimate of drug-likeness (QED) is 0.500. The predicted molar refractivity (Wildman–Crippen MR) is 108 cm³/mol. The Labute approximate surface area is 160 Å². The number of carbonyl (C=O) groups is 2. The monoisotopic (exact) mass is 366 g/mol. The van der Waals surface area contributed by atoms with Gasteiger partial charge in [-0.3, -0.25) is 0 Å². The van der Waals surface area contributed by atoms with Gasteiger partial charge in [-0.25, -0.2) is 9.59 Å². The highest BCUT2D eigenvalue weighted by molar-refractivity contribution is 6.11. The van der Waals surface area contributed by atoms with Gasteiger partial charge in [-0.2, -0.15) is 0 Å². The molecule has 28 heavy (non-hydrogen) atoms. The average Bonchev–Trinajstić information content (AvgIpc) is 2.70. The molecule has 4 heteroatoms. The lowest BCUT2D eigenvalue weighted by molar-refractivity contribution is 0.0686. The number of benzene rings is 4. The second-order valence-electron chi connectivity index (χ2n) is 6.35. The molecule has 0 saturated heterocycles. The summed E-state index contributed by atoms with van der Waals surface area (Å²) in [5.74, 6) is 3.78. The van der Waals surface area contributed by atoms with E-state index >= 15 is 0 Å². The Morgan fingerprint density at radius 3 is 2.07 bits per heavy atom. The van der Waals surface area contributed by atoms with E-state index in [0.717, 1.165) is 16.3 Å². The van der Waals surface area contributed by atoms with Crippen molar-refractivity contribution in [1.82, 2.24) is 0 Å². The van der Waals surface area contributed by atoms with E-state index in [1.165, 1.54) is 12.1 Å². The van der Waals surface area contributed by atoms with Crippen molar-refractivity contribution >= 4 is 33.5 Å². The topological polar surface area (TPSA) is 74.6 Å². The van der Waals surface area contributed by atoms with Gasteiger partial charge < -0.3 is 10.2 Å². The molecule has 0 bridgehead atoms. The van der Waals surface area contributed by atoms with Crippen LogP contribution >= 0.6 is 0 Å². The summed E-state index contributed by atoms with van der Waals surface area (Å²) in [6.45, 7) is 0. The minimum atomic E-state index is -1.12. The Hall–Kier alpha value is -4.10. The second-order valence-corrected chi connectivity index (χ2v) is 6.35. The maximum atomic E-state index is 11.7. The van der Waals surface area contributed by atoms with Crippen LogP contribution in [0.2, 0.25) is 0 Å². The molecule has 0 spiro atoms. The third-order valence-corrected chi connectivity index (χ3v) is 4.56. The molecule has 4 rings (SSSR count). The first-order chi connectivity index (χ1) is 13.5. The van der Waals surface area contributed by atoms with Gasteiger partial charge in [0.05, 0.1) is 11.1 Å². The molecule has 0 atom stereocenters. The predicted octanol–water partition coefficient (Wildman–Crippen LogP) is 4.79. The molecular weight excluding hydrogens is 352 g/mol. The van der Waals surface area contributed by atoms with E-state index in [9.17, 15) is 19.8 Å². The number of carboxylic acids is 2. The highest BCUT2D eigenvalue weighted by Crippen LogP contribution is 2.25. The summed E-state index contributed by atoms with van der Waals surface area (Å²) in [7, 11) is 0. The van der Waals surface area contributed by atoms with Gasteiger partial charge in [-0.15, -0.1) is 0 Å². The van der Waals surface area contributed by atoms with Crippen LogP contribution in [0.25, 0.3) is 21.5 Å². The lowest BCUT2D eigenvalue weighted by Crippen LogP contribution is -2.02. The largest absolute Gasteiger partial charge is 0.478 e. The average molecular weight is 366 g/mol. The fraction of sp³-hybridized carbons (Fsp3) is 0. The summed E-state index contributed by atoms with van der Waals surface area (Å²) in [6, 6.07) is 21.5. The van der Waals surface area contributed by atoms with Crippen molar-refractivity contribution in [3.63, 3.8) is 0 Å². The van der Waals surface area contributed by atoms with Gasteiger partial charge in [0.1, 0.15) is 0 Å². The van der Waals surface area contributed by atoms with E-state index in [2.05, 4.69) is 11.8 Å². The van der Waals surface area contributed by atoms with Crippen LogP contribution in [0.3, 0.4) is 0 Å². The molecule has 0 radical (unpaired) electrons. The zero-order valence-electron chi connectivity index (χ0n) is 14.6. The van der Waals surface area contributed by atoms with Crippen molar-refractivity contribution in [3.8, 4) is 11.8 Å². The Kier molecular flexibility index (Phi) is 4.27. The van der Waals surface area contributed by atoms with Crippen molar-refractivity contribution in [1.29, 1.82) is 0 Å². The van der Waals surface area contributed by atoms with Crippen LogP contribution in [0.1, 0.15) is 31.8 Å². The third-order valence-electron chi connectivity index (χ3n) is 4.56. The first-order valence-electron chi connectivity index (χ1n) is 8.57. The maximum Gasteiger partial charge on any atom is 0.336 e. The molecule has 0 unspecified atom stereocenters. The van der Waals surface area contributed by atoms with Gasteiger partial charge in [0.15, 0.2) is 0 Å².